The van der Waals surface area contributed by atoms with Crippen molar-refractivity contribution in [1.82, 2.24) is 0 Å². The van der Waals surface area contributed by atoms with Crippen molar-refractivity contribution in [3.05, 3.63) is 11.1 Å². The van der Waals surface area contributed by atoms with Gasteiger partial charge in [-0.15, -0.1) is 0 Å². The predicted octanol–water partition coefficient (Wildman–Crippen LogP) is 2.96. The van der Waals surface area contributed by atoms with Crippen LogP contribution in [0.4, 0.5) is 0 Å². The Morgan fingerprint density at radius 3 is 2.08 bits per heavy atom. The maximum atomic E-state index is 11.6. The lowest BCUT2D eigenvalue weighted by atomic mass is 9.64. The summed E-state index contributed by atoms with van der Waals surface area (Å²) in [6.45, 7) is 10.4. The molecule has 0 spiro atoms. The third-order valence-electron chi connectivity index (χ3n) is 2.67. The van der Waals surface area contributed by atoms with E-state index in [2.05, 4.69) is 20.8 Å². The van der Waals surface area contributed by atoms with Crippen molar-refractivity contribution >= 4 is 5.78 Å². The zero-order valence-corrected chi connectivity index (χ0v) is 8.69. The maximum absolute atomic E-state index is 11.6. The van der Waals surface area contributed by atoms with Crippen molar-refractivity contribution in [2.24, 2.45) is 11.3 Å². The topological polar surface area (TPSA) is 17.1 Å². The minimum Gasteiger partial charge on any atom is -0.294 e. The molecule has 1 unspecified atom stereocenters. The van der Waals surface area contributed by atoms with Crippen LogP contribution in [0.3, 0.4) is 0 Å². The van der Waals surface area contributed by atoms with Crippen molar-refractivity contribution in [3.63, 3.8) is 0 Å². The number of ketones is 1. The standard InChI is InChI=1S/C11H18O/c1-7(2)8-6-9(10(8)12)11(3,4)5/h9H,6H2,1-5H3. The van der Waals surface area contributed by atoms with Crippen LogP contribution in [0.2, 0.25) is 0 Å². The zero-order chi connectivity index (χ0) is 9.52. The molecule has 0 aromatic rings. The van der Waals surface area contributed by atoms with Crippen molar-refractivity contribution in [3.8, 4) is 0 Å². The summed E-state index contributed by atoms with van der Waals surface area (Å²) in [6.07, 6.45) is 0.991. The molecule has 0 aliphatic heterocycles. The minimum atomic E-state index is 0.149. The highest BCUT2D eigenvalue weighted by Crippen LogP contribution is 2.42. The van der Waals surface area contributed by atoms with E-state index >= 15 is 0 Å². The van der Waals surface area contributed by atoms with E-state index in [1.54, 1.807) is 0 Å². The Kier molecular flexibility index (Phi) is 2.15. The number of carbonyl (C=O) groups excluding carboxylic acids is 1. The van der Waals surface area contributed by atoms with E-state index < -0.39 is 0 Å². The van der Waals surface area contributed by atoms with Gasteiger partial charge in [0, 0.05) is 5.92 Å². The van der Waals surface area contributed by atoms with Crippen molar-refractivity contribution in [1.29, 1.82) is 0 Å². The summed E-state index contributed by atoms with van der Waals surface area (Å²) in [5, 5.41) is 0. The van der Waals surface area contributed by atoms with Gasteiger partial charge in [-0.25, -0.2) is 0 Å². The van der Waals surface area contributed by atoms with Crippen molar-refractivity contribution < 1.29 is 4.79 Å². The van der Waals surface area contributed by atoms with E-state index in [-0.39, 0.29) is 11.3 Å². The Labute approximate surface area is 74.9 Å². The van der Waals surface area contributed by atoms with Crippen LogP contribution in [-0.4, -0.2) is 5.78 Å². The van der Waals surface area contributed by atoms with Gasteiger partial charge in [0.2, 0.25) is 0 Å². The first-order valence-electron chi connectivity index (χ1n) is 4.54. The molecule has 1 atom stereocenters. The lowest BCUT2D eigenvalue weighted by molar-refractivity contribution is -0.127. The largest absolute Gasteiger partial charge is 0.294 e. The quantitative estimate of drug-likeness (QED) is 0.506. The van der Waals surface area contributed by atoms with E-state index in [1.807, 2.05) is 13.8 Å². The highest BCUT2D eigenvalue weighted by Gasteiger charge is 2.41. The summed E-state index contributed by atoms with van der Waals surface area (Å²) in [5.74, 6) is 0.643. The van der Waals surface area contributed by atoms with Crippen LogP contribution in [0, 0.1) is 11.3 Å². The Morgan fingerprint density at radius 1 is 1.33 bits per heavy atom. The molecule has 0 heterocycles. The summed E-state index contributed by atoms with van der Waals surface area (Å²) in [4.78, 5) is 11.6. The molecular weight excluding hydrogens is 148 g/mol. The summed E-state index contributed by atoms with van der Waals surface area (Å²) >= 11 is 0. The number of Topliss-reactive ketones (excluding diaryl/α,β-unsaturated/α-hetero) is 1. The molecule has 0 saturated heterocycles. The molecule has 1 heteroatoms. The second kappa shape index (κ2) is 2.72. The molecular formula is C11H18O. The third kappa shape index (κ3) is 1.45. The molecule has 12 heavy (non-hydrogen) atoms. The lowest BCUT2D eigenvalue weighted by Crippen LogP contribution is -2.39. The second-order valence-electron chi connectivity index (χ2n) is 4.97. The monoisotopic (exact) mass is 166 g/mol. The first-order chi connectivity index (χ1) is 5.34. The molecule has 0 radical (unpaired) electrons. The van der Waals surface area contributed by atoms with Gasteiger partial charge >= 0.3 is 0 Å². The Hall–Kier alpha value is -0.590. The van der Waals surface area contributed by atoms with Gasteiger partial charge in [0.15, 0.2) is 5.78 Å². The molecule has 1 nitrogen and oxygen atoms in total. The fourth-order valence-corrected chi connectivity index (χ4v) is 1.63. The number of carbonyl (C=O) groups is 1. The van der Waals surface area contributed by atoms with Gasteiger partial charge in [-0.2, -0.15) is 0 Å². The van der Waals surface area contributed by atoms with E-state index in [0.29, 0.717) is 5.78 Å². The average Bonchev–Trinajstić information content (AvgIpc) is 1.80. The van der Waals surface area contributed by atoms with Gasteiger partial charge in [0.05, 0.1) is 0 Å². The predicted molar refractivity (Wildman–Crippen MR) is 50.9 cm³/mol. The smallest absolute Gasteiger partial charge is 0.162 e. The van der Waals surface area contributed by atoms with Crippen LogP contribution < -0.4 is 0 Å². The van der Waals surface area contributed by atoms with E-state index in [1.165, 1.54) is 5.57 Å². The van der Waals surface area contributed by atoms with Gasteiger partial charge in [0.1, 0.15) is 0 Å². The molecule has 68 valence electrons. The third-order valence-corrected chi connectivity index (χ3v) is 2.67. The van der Waals surface area contributed by atoms with E-state index in [0.717, 1.165) is 12.0 Å². The van der Waals surface area contributed by atoms with Gasteiger partial charge in [-0.3, -0.25) is 4.79 Å². The molecule has 1 fully saturated rings. The van der Waals surface area contributed by atoms with Crippen LogP contribution in [0.25, 0.3) is 0 Å². The van der Waals surface area contributed by atoms with Gasteiger partial charge in [-0.1, -0.05) is 26.3 Å². The van der Waals surface area contributed by atoms with E-state index in [4.69, 9.17) is 0 Å². The lowest BCUT2D eigenvalue weighted by Gasteiger charge is -2.38. The van der Waals surface area contributed by atoms with Gasteiger partial charge in [-0.05, 0) is 31.3 Å². The molecule has 1 aliphatic rings. The first kappa shape index (κ1) is 9.50. The molecule has 1 saturated carbocycles. The van der Waals surface area contributed by atoms with Crippen molar-refractivity contribution in [2.75, 3.05) is 0 Å². The Morgan fingerprint density at radius 2 is 1.83 bits per heavy atom. The number of rotatable bonds is 0. The van der Waals surface area contributed by atoms with Crippen LogP contribution >= 0.6 is 0 Å². The molecule has 0 aromatic carbocycles. The summed E-state index contributed by atoms with van der Waals surface area (Å²) in [5.41, 5.74) is 2.41. The SMILES string of the molecule is CC(C)=C1CC(C(C)(C)C)C1=O. The second-order valence-corrected chi connectivity index (χ2v) is 4.97. The Balaban J connectivity index is 2.75. The summed E-state index contributed by atoms with van der Waals surface area (Å²) in [7, 11) is 0. The van der Waals surface area contributed by atoms with E-state index in [9.17, 15) is 4.79 Å². The molecule has 0 aromatic heterocycles. The highest BCUT2D eigenvalue weighted by atomic mass is 16.1. The zero-order valence-electron chi connectivity index (χ0n) is 8.69. The number of hydrogen-bond donors (Lipinski definition) is 0. The van der Waals surface area contributed by atoms with Crippen LogP contribution in [-0.2, 0) is 4.79 Å². The average molecular weight is 166 g/mol. The van der Waals surface area contributed by atoms with Crippen LogP contribution in [0.15, 0.2) is 11.1 Å². The number of hydrogen-bond acceptors (Lipinski definition) is 1. The summed E-state index contributed by atoms with van der Waals surface area (Å²) in [6, 6.07) is 0. The number of allylic oxidation sites excluding steroid dienone is 2. The fraction of sp³-hybridized carbons (Fsp3) is 0.727. The normalized spacial score (nSPS) is 23.9. The summed E-state index contributed by atoms with van der Waals surface area (Å²) < 4.78 is 0. The fourth-order valence-electron chi connectivity index (χ4n) is 1.63. The molecule has 1 rings (SSSR count). The molecule has 1 aliphatic carbocycles. The van der Waals surface area contributed by atoms with Gasteiger partial charge < -0.3 is 0 Å². The molecule has 0 N–H and O–H groups in total. The van der Waals surface area contributed by atoms with Crippen molar-refractivity contribution in [2.45, 2.75) is 41.0 Å². The van der Waals surface area contributed by atoms with Crippen LogP contribution in [0.1, 0.15) is 41.0 Å². The minimum absolute atomic E-state index is 0.149. The molecule has 0 amide bonds. The Bertz CT molecular complexity index is 236. The highest BCUT2D eigenvalue weighted by molar-refractivity contribution is 6.04. The maximum Gasteiger partial charge on any atom is 0.162 e. The van der Waals surface area contributed by atoms with Crippen LogP contribution in [0.5, 0.6) is 0 Å². The first-order valence-corrected chi connectivity index (χ1v) is 4.54. The van der Waals surface area contributed by atoms with Gasteiger partial charge in [0.25, 0.3) is 0 Å². The molecule has 0 bridgehead atoms.